The molecule has 0 spiro atoms. The van der Waals surface area contributed by atoms with Crippen LogP contribution in [0.1, 0.15) is 64.8 Å². The van der Waals surface area contributed by atoms with E-state index in [1.165, 1.54) is 11.0 Å². The molecule has 41 heavy (non-hydrogen) atoms. The van der Waals surface area contributed by atoms with Gasteiger partial charge >= 0.3 is 0 Å². The second-order valence-corrected chi connectivity index (χ2v) is 10.8. The lowest BCUT2D eigenvalue weighted by Crippen LogP contribution is -2.54. The Kier molecular flexibility index (Phi) is 6.47. The summed E-state index contributed by atoms with van der Waals surface area (Å²) < 4.78 is 5.75. The summed E-state index contributed by atoms with van der Waals surface area (Å²) >= 11 is 0. The summed E-state index contributed by atoms with van der Waals surface area (Å²) in [6, 6.07) is 7.44. The average Bonchev–Trinajstić information content (AvgIpc) is 3.21. The van der Waals surface area contributed by atoms with E-state index in [0.29, 0.717) is 35.9 Å². The zero-order valence-corrected chi connectivity index (χ0v) is 22.7. The molecule has 0 bridgehead atoms. The van der Waals surface area contributed by atoms with Gasteiger partial charge in [0.05, 0.1) is 22.5 Å². The second kappa shape index (κ2) is 10.0. The van der Waals surface area contributed by atoms with Gasteiger partial charge in [0.25, 0.3) is 17.7 Å². The molecular weight excluding hydrogens is 530 g/mol. The maximum atomic E-state index is 13.7. The third-order valence-corrected chi connectivity index (χ3v) is 8.26. The number of hydrogen-bond donors (Lipinski definition) is 2. The molecule has 2 aromatic rings. The van der Waals surface area contributed by atoms with Gasteiger partial charge in [-0.05, 0) is 49.1 Å². The van der Waals surface area contributed by atoms with E-state index in [4.69, 9.17) is 4.74 Å². The molecule has 4 aliphatic heterocycles. The van der Waals surface area contributed by atoms with Crippen LogP contribution in [0.2, 0.25) is 0 Å². The maximum Gasteiger partial charge on any atom is 0.264 e. The van der Waals surface area contributed by atoms with Crippen LogP contribution >= 0.6 is 0 Å². The Hall–Kier alpha value is -4.74. The minimum atomic E-state index is -1.08. The van der Waals surface area contributed by atoms with Crippen LogP contribution in [0.15, 0.2) is 30.3 Å². The summed E-state index contributed by atoms with van der Waals surface area (Å²) in [6.45, 7) is 2.64. The summed E-state index contributed by atoms with van der Waals surface area (Å²) in [5, 5.41) is 5.55. The van der Waals surface area contributed by atoms with Crippen molar-refractivity contribution in [2.24, 2.45) is 0 Å². The molecule has 2 N–H and O–H groups in total. The number of likely N-dealkylation sites (N-methyl/N-ethyl adjacent to an activating group) is 1. The van der Waals surface area contributed by atoms with Gasteiger partial charge < -0.3 is 19.9 Å². The first-order valence-electron chi connectivity index (χ1n) is 13.6. The third-order valence-electron chi connectivity index (χ3n) is 8.26. The molecule has 6 amide bonds. The molecule has 2 fully saturated rings. The van der Waals surface area contributed by atoms with Gasteiger partial charge in [-0.15, -0.1) is 0 Å². The molecule has 12 nitrogen and oxygen atoms in total. The molecule has 2 aromatic carbocycles. The van der Waals surface area contributed by atoms with Gasteiger partial charge in [0.2, 0.25) is 17.7 Å². The van der Waals surface area contributed by atoms with Gasteiger partial charge in [-0.1, -0.05) is 6.07 Å². The molecule has 2 atom stereocenters. The van der Waals surface area contributed by atoms with Crippen molar-refractivity contribution in [1.29, 1.82) is 0 Å². The molecule has 0 aromatic heterocycles. The number of hydrogen-bond acceptors (Lipinski definition) is 8. The molecule has 0 radical (unpaired) electrons. The molecule has 4 heterocycles. The molecule has 4 aliphatic rings. The number of piperidine rings is 2. The average molecular weight is 560 g/mol. The van der Waals surface area contributed by atoms with E-state index in [0.717, 1.165) is 23.3 Å². The Balaban J connectivity index is 1.40. The fraction of sp³-hybridized carbons (Fsp3) is 0.379. The number of anilines is 3. The van der Waals surface area contributed by atoms with Crippen molar-refractivity contribution >= 4 is 52.5 Å². The lowest BCUT2D eigenvalue weighted by Gasteiger charge is -2.35. The van der Waals surface area contributed by atoms with Crippen LogP contribution in [-0.2, 0) is 19.2 Å². The van der Waals surface area contributed by atoms with Crippen LogP contribution in [0.4, 0.5) is 17.1 Å². The largest absolute Gasteiger partial charge is 0.482 e. The quantitative estimate of drug-likeness (QED) is 0.541. The summed E-state index contributed by atoms with van der Waals surface area (Å²) in [4.78, 5) is 80.0. The summed E-state index contributed by atoms with van der Waals surface area (Å²) in [6.07, 6.45) is 1.72. The lowest BCUT2D eigenvalue weighted by molar-refractivity contribution is -0.136. The number of carbonyl (C=O) groups excluding carboxylic acids is 6. The number of amides is 6. The number of nitrogens with zero attached hydrogens (tertiary/aromatic N) is 3. The Morgan fingerprint density at radius 2 is 1.85 bits per heavy atom. The smallest absolute Gasteiger partial charge is 0.264 e. The van der Waals surface area contributed by atoms with Crippen molar-refractivity contribution in [2.75, 3.05) is 37.0 Å². The van der Waals surface area contributed by atoms with Gasteiger partial charge in [0.1, 0.15) is 11.8 Å². The van der Waals surface area contributed by atoms with Crippen molar-refractivity contribution in [3.63, 3.8) is 0 Å². The number of benzene rings is 2. The van der Waals surface area contributed by atoms with E-state index in [2.05, 4.69) is 10.6 Å². The van der Waals surface area contributed by atoms with Gasteiger partial charge in [-0.3, -0.25) is 39.0 Å². The number of ether oxygens (including phenoxy) is 1. The van der Waals surface area contributed by atoms with Crippen LogP contribution in [-0.4, -0.2) is 78.0 Å². The minimum Gasteiger partial charge on any atom is -0.482 e. The predicted molar refractivity (Wildman–Crippen MR) is 146 cm³/mol. The zero-order chi connectivity index (χ0) is 29.0. The molecule has 0 aliphatic carbocycles. The van der Waals surface area contributed by atoms with E-state index in [-0.39, 0.29) is 48.3 Å². The molecule has 12 heteroatoms. The summed E-state index contributed by atoms with van der Waals surface area (Å²) in [5.41, 5.74) is 2.65. The topological polar surface area (TPSA) is 145 Å². The van der Waals surface area contributed by atoms with Crippen LogP contribution in [0, 0.1) is 0 Å². The molecule has 1 unspecified atom stereocenters. The number of nitrogens with one attached hydrogen (secondary N) is 2. The predicted octanol–water partition coefficient (Wildman–Crippen LogP) is 1.91. The Bertz CT molecular complexity index is 1540. The monoisotopic (exact) mass is 559 g/mol. The fourth-order valence-corrected chi connectivity index (χ4v) is 6.06. The summed E-state index contributed by atoms with van der Waals surface area (Å²) in [5.74, 6) is -2.07. The first kappa shape index (κ1) is 26.5. The summed E-state index contributed by atoms with van der Waals surface area (Å²) in [7, 11) is 1.66. The van der Waals surface area contributed by atoms with Gasteiger partial charge in [-0.2, -0.15) is 0 Å². The van der Waals surface area contributed by atoms with E-state index in [1.807, 2.05) is 6.07 Å². The third kappa shape index (κ3) is 4.48. The van der Waals surface area contributed by atoms with Crippen molar-refractivity contribution in [2.45, 2.75) is 44.6 Å². The van der Waals surface area contributed by atoms with Crippen molar-refractivity contribution in [1.82, 2.24) is 15.1 Å². The first-order valence-corrected chi connectivity index (χ1v) is 13.6. The Labute approximate surface area is 235 Å². The van der Waals surface area contributed by atoms with E-state index >= 15 is 0 Å². The first-order chi connectivity index (χ1) is 19.6. The lowest BCUT2D eigenvalue weighted by atomic mass is 9.88. The number of fused-ring (bicyclic) bond motifs is 2. The van der Waals surface area contributed by atoms with Crippen LogP contribution < -0.4 is 20.3 Å². The highest BCUT2D eigenvalue weighted by molar-refractivity contribution is 6.25. The molecule has 212 valence electrons. The number of imide groups is 2. The highest BCUT2D eigenvalue weighted by Gasteiger charge is 2.45. The number of rotatable bonds is 4. The van der Waals surface area contributed by atoms with E-state index in [9.17, 15) is 28.8 Å². The van der Waals surface area contributed by atoms with Crippen molar-refractivity contribution in [3.05, 3.63) is 47.0 Å². The van der Waals surface area contributed by atoms with Gasteiger partial charge in [0.15, 0.2) is 6.61 Å². The second-order valence-electron chi connectivity index (χ2n) is 10.8. The molecule has 6 rings (SSSR count). The highest BCUT2D eigenvalue weighted by Crippen LogP contribution is 2.43. The number of likely N-dealkylation sites (tertiary alicyclic amines) is 1. The maximum absolute atomic E-state index is 13.7. The normalized spacial score (nSPS) is 22.3. The van der Waals surface area contributed by atoms with Crippen molar-refractivity contribution in [3.8, 4) is 5.75 Å². The van der Waals surface area contributed by atoms with E-state index < -0.39 is 29.7 Å². The Morgan fingerprint density at radius 1 is 1.05 bits per heavy atom. The van der Waals surface area contributed by atoms with Gasteiger partial charge in [-0.25, -0.2) is 0 Å². The molecular formula is C29H29N5O7. The van der Waals surface area contributed by atoms with Crippen LogP contribution in [0.25, 0.3) is 0 Å². The SMILES string of the molecule is CC(=O)N1CCCC(c2cc3c(cc2Nc2cccc4c2C(=O)N([C@H]2CCC(=O)NC2=O)C4=O)N(C)C(=O)CO3)C1. The van der Waals surface area contributed by atoms with Gasteiger partial charge in [0, 0.05) is 45.1 Å². The minimum absolute atomic E-state index is 0.0118. The zero-order valence-electron chi connectivity index (χ0n) is 22.7. The molecule has 0 saturated carbocycles. The highest BCUT2D eigenvalue weighted by atomic mass is 16.5. The van der Waals surface area contributed by atoms with E-state index in [1.54, 1.807) is 37.1 Å². The van der Waals surface area contributed by atoms with Crippen molar-refractivity contribution < 1.29 is 33.5 Å². The number of carbonyl (C=O) groups is 6. The van der Waals surface area contributed by atoms with Crippen LogP contribution in [0.5, 0.6) is 5.75 Å². The van der Waals surface area contributed by atoms with Crippen LogP contribution in [0.3, 0.4) is 0 Å². The Morgan fingerprint density at radius 3 is 2.61 bits per heavy atom. The standard InChI is InChI=1S/C29H29N5O7/c1-15(35)33-10-4-5-16(13-33)18-11-23-22(32(2)25(37)14-41-23)12-20(18)30-19-7-3-6-17-26(19)29(40)34(28(17)39)21-8-9-24(36)31-27(21)38/h3,6-7,11-12,16,21,30H,4-5,8-10,13-14H2,1-2H3,(H,31,36,38)/t16?,21-/m0/s1. The molecule has 2 saturated heterocycles. The fourth-order valence-electron chi connectivity index (χ4n) is 6.06.